The first-order chi connectivity index (χ1) is 9.24. The van der Waals surface area contributed by atoms with Gasteiger partial charge in [-0.05, 0) is 37.7 Å². The molecule has 0 unspecified atom stereocenters. The molecule has 0 aromatic heterocycles. The van der Waals surface area contributed by atoms with Gasteiger partial charge in [-0.3, -0.25) is 4.79 Å². The highest BCUT2D eigenvalue weighted by atomic mass is 16.3. The average Bonchev–Trinajstić information content (AvgIpc) is 2.44. The Morgan fingerprint density at radius 3 is 2.53 bits per heavy atom. The minimum Gasteiger partial charge on any atom is -0.396 e. The van der Waals surface area contributed by atoms with Crippen molar-refractivity contribution in [2.45, 2.75) is 38.5 Å². The Bertz CT molecular complexity index is 351. The molecule has 19 heavy (non-hydrogen) atoms. The second-order valence-electron chi connectivity index (χ2n) is 4.94. The van der Waals surface area contributed by atoms with Crippen molar-refractivity contribution in [3.8, 4) is 0 Å². The van der Waals surface area contributed by atoms with Crippen molar-refractivity contribution in [1.82, 2.24) is 4.90 Å². The fourth-order valence-electron chi connectivity index (χ4n) is 2.03. The first-order valence-electron chi connectivity index (χ1n) is 7.13. The van der Waals surface area contributed by atoms with Gasteiger partial charge in [0.15, 0.2) is 0 Å². The second kappa shape index (κ2) is 9.56. The van der Waals surface area contributed by atoms with E-state index < -0.39 is 0 Å². The summed E-state index contributed by atoms with van der Waals surface area (Å²) in [5, 5.41) is 8.67. The Hall–Kier alpha value is -1.35. The molecule has 0 spiro atoms. The molecular formula is C16H25NO2. The Morgan fingerprint density at radius 1 is 1.11 bits per heavy atom. The Balaban J connectivity index is 2.09. The number of hydrogen-bond donors (Lipinski definition) is 1. The fourth-order valence-corrected chi connectivity index (χ4v) is 2.03. The van der Waals surface area contributed by atoms with Crippen LogP contribution in [0.3, 0.4) is 0 Å². The molecule has 1 rings (SSSR count). The number of unbranched alkanes of at least 4 members (excludes halogenated alkanes) is 2. The quantitative estimate of drug-likeness (QED) is 0.696. The number of hydrogen-bond acceptors (Lipinski definition) is 2. The maximum absolute atomic E-state index is 11.7. The highest BCUT2D eigenvalue weighted by molar-refractivity contribution is 5.75. The van der Waals surface area contributed by atoms with Crippen molar-refractivity contribution < 1.29 is 9.90 Å². The van der Waals surface area contributed by atoms with Gasteiger partial charge in [0.2, 0.25) is 5.91 Å². The predicted octanol–water partition coefficient (Wildman–Crippen LogP) is 2.63. The molecule has 0 aliphatic heterocycles. The molecule has 3 nitrogen and oxygen atoms in total. The molecule has 0 saturated heterocycles. The summed E-state index contributed by atoms with van der Waals surface area (Å²) in [6, 6.07) is 10.4. The molecule has 1 aromatic rings. The fraction of sp³-hybridized carbons (Fsp3) is 0.562. The topological polar surface area (TPSA) is 40.5 Å². The van der Waals surface area contributed by atoms with Gasteiger partial charge in [0.05, 0.1) is 0 Å². The van der Waals surface area contributed by atoms with Crippen LogP contribution in [0.2, 0.25) is 0 Å². The molecule has 0 radical (unpaired) electrons. The van der Waals surface area contributed by atoms with Crippen LogP contribution in [0.4, 0.5) is 0 Å². The number of benzene rings is 1. The molecule has 0 aliphatic carbocycles. The molecule has 1 amide bonds. The summed E-state index contributed by atoms with van der Waals surface area (Å²) in [6.45, 7) is 0.999. The molecule has 106 valence electrons. The van der Waals surface area contributed by atoms with Gasteiger partial charge in [0.25, 0.3) is 0 Å². The molecule has 0 aliphatic rings. The molecule has 0 saturated carbocycles. The first kappa shape index (κ1) is 15.7. The van der Waals surface area contributed by atoms with Crippen LogP contribution in [0.5, 0.6) is 0 Å². The lowest BCUT2D eigenvalue weighted by atomic mass is 10.1. The van der Waals surface area contributed by atoms with E-state index in [1.807, 2.05) is 18.0 Å². The smallest absolute Gasteiger partial charge is 0.222 e. The van der Waals surface area contributed by atoms with Gasteiger partial charge in [-0.15, -0.1) is 0 Å². The summed E-state index contributed by atoms with van der Waals surface area (Å²) in [6.07, 6.45) is 5.27. The van der Waals surface area contributed by atoms with E-state index in [2.05, 4.69) is 24.3 Å². The second-order valence-corrected chi connectivity index (χ2v) is 4.94. The van der Waals surface area contributed by atoms with E-state index >= 15 is 0 Å². The van der Waals surface area contributed by atoms with Gasteiger partial charge in [-0.2, -0.15) is 0 Å². The lowest BCUT2D eigenvalue weighted by molar-refractivity contribution is -0.130. The van der Waals surface area contributed by atoms with E-state index in [1.54, 1.807) is 0 Å². The van der Waals surface area contributed by atoms with Crippen molar-refractivity contribution in [3.63, 3.8) is 0 Å². The number of carbonyl (C=O) groups excluding carboxylic acids is 1. The van der Waals surface area contributed by atoms with Crippen molar-refractivity contribution >= 4 is 5.91 Å². The normalized spacial score (nSPS) is 10.4. The molecule has 0 heterocycles. The van der Waals surface area contributed by atoms with Crippen molar-refractivity contribution in [2.24, 2.45) is 0 Å². The van der Waals surface area contributed by atoms with E-state index in [1.165, 1.54) is 5.56 Å². The van der Waals surface area contributed by atoms with Crippen molar-refractivity contribution in [3.05, 3.63) is 35.9 Å². The third kappa shape index (κ3) is 6.97. The van der Waals surface area contributed by atoms with Gasteiger partial charge < -0.3 is 10.0 Å². The summed E-state index contributed by atoms with van der Waals surface area (Å²) in [7, 11) is 1.86. The van der Waals surface area contributed by atoms with Crippen molar-refractivity contribution in [2.75, 3.05) is 20.2 Å². The summed E-state index contributed by atoms with van der Waals surface area (Å²) in [5.74, 6) is 0.188. The van der Waals surface area contributed by atoms with Crippen LogP contribution in [0, 0.1) is 0 Å². The number of carbonyl (C=O) groups is 1. The number of aliphatic hydroxyl groups is 1. The molecule has 0 fully saturated rings. The molecule has 3 heteroatoms. The van der Waals surface area contributed by atoms with Crippen LogP contribution in [0.15, 0.2) is 30.3 Å². The maximum Gasteiger partial charge on any atom is 0.222 e. The van der Waals surface area contributed by atoms with Crippen LogP contribution in [0.25, 0.3) is 0 Å². The first-order valence-corrected chi connectivity index (χ1v) is 7.13. The SMILES string of the molecule is CN(CCCCc1ccccc1)C(=O)CCCCO. The van der Waals surface area contributed by atoms with Crippen LogP contribution >= 0.6 is 0 Å². The highest BCUT2D eigenvalue weighted by Gasteiger charge is 2.07. The van der Waals surface area contributed by atoms with Gasteiger partial charge in [-0.25, -0.2) is 0 Å². The van der Waals surface area contributed by atoms with Gasteiger partial charge in [-0.1, -0.05) is 30.3 Å². The van der Waals surface area contributed by atoms with Gasteiger partial charge >= 0.3 is 0 Å². The van der Waals surface area contributed by atoms with E-state index in [0.29, 0.717) is 12.8 Å². The number of aryl methyl sites for hydroxylation is 1. The minimum absolute atomic E-state index is 0.175. The Labute approximate surface area is 116 Å². The Kier molecular flexibility index (Phi) is 7.91. The monoisotopic (exact) mass is 263 g/mol. The summed E-state index contributed by atoms with van der Waals surface area (Å²) >= 11 is 0. The average molecular weight is 263 g/mol. The predicted molar refractivity (Wildman–Crippen MR) is 78.0 cm³/mol. The lowest BCUT2D eigenvalue weighted by Gasteiger charge is -2.16. The third-order valence-electron chi connectivity index (χ3n) is 3.28. The molecule has 1 aromatic carbocycles. The Morgan fingerprint density at radius 2 is 1.84 bits per heavy atom. The van der Waals surface area contributed by atoms with E-state index in [0.717, 1.165) is 32.2 Å². The van der Waals surface area contributed by atoms with E-state index in [-0.39, 0.29) is 12.5 Å². The van der Waals surface area contributed by atoms with Gasteiger partial charge in [0, 0.05) is 26.6 Å². The van der Waals surface area contributed by atoms with Crippen LogP contribution in [-0.2, 0) is 11.2 Å². The standard InChI is InChI=1S/C16H25NO2/c1-17(16(19)12-6-8-14-18)13-7-5-11-15-9-3-2-4-10-15/h2-4,9-10,18H,5-8,11-14H2,1H3. The molecule has 1 N–H and O–H groups in total. The van der Waals surface area contributed by atoms with Gasteiger partial charge in [0.1, 0.15) is 0 Å². The zero-order valence-electron chi connectivity index (χ0n) is 11.8. The van der Waals surface area contributed by atoms with Crippen LogP contribution in [0.1, 0.15) is 37.7 Å². The van der Waals surface area contributed by atoms with E-state index in [4.69, 9.17) is 5.11 Å². The molecular weight excluding hydrogens is 238 g/mol. The number of aliphatic hydroxyl groups excluding tert-OH is 1. The zero-order valence-corrected chi connectivity index (χ0v) is 11.8. The summed E-state index contributed by atoms with van der Waals surface area (Å²) in [5.41, 5.74) is 1.36. The maximum atomic E-state index is 11.7. The summed E-state index contributed by atoms with van der Waals surface area (Å²) in [4.78, 5) is 13.5. The highest BCUT2D eigenvalue weighted by Crippen LogP contribution is 2.06. The number of amides is 1. The minimum atomic E-state index is 0.175. The lowest BCUT2D eigenvalue weighted by Crippen LogP contribution is -2.27. The molecule has 0 atom stereocenters. The van der Waals surface area contributed by atoms with Crippen LogP contribution in [-0.4, -0.2) is 36.1 Å². The molecule has 0 bridgehead atoms. The third-order valence-corrected chi connectivity index (χ3v) is 3.28. The van der Waals surface area contributed by atoms with Crippen LogP contribution < -0.4 is 0 Å². The zero-order chi connectivity index (χ0) is 13.9. The largest absolute Gasteiger partial charge is 0.396 e. The number of rotatable bonds is 9. The van der Waals surface area contributed by atoms with E-state index in [9.17, 15) is 4.79 Å². The summed E-state index contributed by atoms with van der Waals surface area (Å²) < 4.78 is 0. The van der Waals surface area contributed by atoms with Crippen molar-refractivity contribution in [1.29, 1.82) is 0 Å². The number of nitrogens with zero attached hydrogens (tertiary/aromatic N) is 1.